The Labute approximate surface area is 125 Å². The quantitative estimate of drug-likeness (QED) is 0.829. The van der Waals surface area contributed by atoms with Gasteiger partial charge in [-0.25, -0.2) is 4.98 Å². The molecule has 0 saturated heterocycles. The Balaban J connectivity index is 1.47. The molecule has 1 aliphatic carbocycles. The van der Waals surface area contributed by atoms with Gasteiger partial charge in [0.25, 0.3) is 0 Å². The van der Waals surface area contributed by atoms with E-state index < -0.39 is 0 Å². The number of imidazole rings is 1. The van der Waals surface area contributed by atoms with Crippen molar-refractivity contribution in [3.05, 3.63) is 30.1 Å². The molecule has 0 aliphatic heterocycles. The molecule has 0 unspecified atom stereocenters. The summed E-state index contributed by atoms with van der Waals surface area (Å²) >= 11 is 0. The van der Waals surface area contributed by atoms with Gasteiger partial charge >= 0.3 is 0 Å². The van der Waals surface area contributed by atoms with Crippen LogP contribution in [0.5, 0.6) is 0 Å². The Hall–Kier alpha value is -1.84. The monoisotopic (exact) mass is 285 g/mol. The summed E-state index contributed by atoms with van der Waals surface area (Å²) in [5, 5.41) is 3.09. The van der Waals surface area contributed by atoms with Gasteiger partial charge in [0.2, 0.25) is 5.91 Å². The number of hydrogen-bond donors (Lipinski definition) is 2. The predicted octanol–water partition coefficient (Wildman–Crippen LogP) is 3.19. The van der Waals surface area contributed by atoms with Crippen molar-refractivity contribution in [3.8, 4) is 0 Å². The topological polar surface area (TPSA) is 57.8 Å². The minimum atomic E-state index is -0.126. The highest BCUT2D eigenvalue weighted by atomic mass is 16.2. The lowest BCUT2D eigenvalue weighted by molar-refractivity contribution is -0.129. The Morgan fingerprint density at radius 2 is 2.10 bits per heavy atom. The van der Waals surface area contributed by atoms with Crippen molar-refractivity contribution < 1.29 is 4.79 Å². The van der Waals surface area contributed by atoms with Gasteiger partial charge in [-0.05, 0) is 31.4 Å². The minimum absolute atomic E-state index is 0.126. The Bertz CT molecular complexity index is 593. The first kappa shape index (κ1) is 14.1. The van der Waals surface area contributed by atoms with Gasteiger partial charge in [0.05, 0.1) is 11.0 Å². The molecule has 0 bridgehead atoms. The highest BCUT2D eigenvalue weighted by Gasteiger charge is 2.35. The Morgan fingerprint density at radius 3 is 2.86 bits per heavy atom. The van der Waals surface area contributed by atoms with Crippen LogP contribution in [0.4, 0.5) is 0 Å². The summed E-state index contributed by atoms with van der Waals surface area (Å²) in [5.41, 5.74) is 1.96. The van der Waals surface area contributed by atoms with Gasteiger partial charge in [-0.15, -0.1) is 0 Å². The van der Waals surface area contributed by atoms with Gasteiger partial charge in [0.1, 0.15) is 5.82 Å². The van der Waals surface area contributed by atoms with Crippen molar-refractivity contribution in [2.75, 3.05) is 6.54 Å². The number of para-hydroxylation sites is 2. The van der Waals surface area contributed by atoms with E-state index in [1.807, 2.05) is 24.3 Å². The van der Waals surface area contributed by atoms with E-state index in [2.05, 4.69) is 22.2 Å². The maximum absolute atomic E-state index is 12.2. The first-order valence-corrected chi connectivity index (χ1v) is 7.89. The fraction of sp³-hybridized carbons (Fsp3) is 0.529. The molecule has 2 aromatic rings. The second kappa shape index (κ2) is 5.88. The summed E-state index contributed by atoms with van der Waals surface area (Å²) < 4.78 is 0. The molecule has 1 aliphatic rings. The van der Waals surface area contributed by atoms with Crippen LogP contribution in [0.3, 0.4) is 0 Å². The number of H-pyrrole nitrogens is 1. The van der Waals surface area contributed by atoms with Crippen molar-refractivity contribution in [1.82, 2.24) is 15.3 Å². The minimum Gasteiger partial charge on any atom is -0.356 e. The maximum atomic E-state index is 12.2. The summed E-state index contributed by atoms with van der Waals surface area (Å²) in [6.07, 6.45) is 6.21. The van der Waals surface area contributed by atoms with Crippen LogP contribution in [-0.4, -0.2) is 22.4 Å². The van der Waals surface area contributed by atoms with Gasteiger partial charge in [-0.3, -0.25) is 4.79 Å². The molecule has 0 radical (unpaired) electrons. The van der Waals surface area contributed by atoms with Gasteiger partial charge in [0.15, 0.2) is 0 Å². The van der Waals surface area contributed by atoms with E-state index in [0.29, 0.717) is 0 Å². The number of aromatic amines is 1. The molecule has 1 amide bonds. The maximum Gasteiger partial charge on any atom is 0.225 e. The zero-order valence-corrected chi connectivity index (χ0v) is 12.6. The summed E-state index contributed by atoms with van der Waals surface area (Å²) in [4.78, 5) is 20.1. The summed E-state index contributed by atoms with van der Waals surface area (Å²) in [5.74, 6) is 1.22. The van der Waals surface area contributed by atoms with Gasteiger partial charge < -0.3 is 10.3 Å². The molecule has 0 spiro atoms. The average molecular weight is 285 g/mol. The van der Waals surface area contributed by atoms with E-state index in [0.717, 1.165) is 49.1 Å². The Morgan fingerprint density at radius 1 is 1.33 bits per heavy atom. The zero-order chi connectivity index (χ0) is 14.7. The zero-order valence-electron chi connectivity index (χ0n) is 12.6. The number of aromatic nitrogens is 2. The number of benzene rings is 1. The standard InChI is InChI=1S/C17H23N3O/c1-17(10-4-5-11-17)16(21)18-12-6-9-15-19-13-7-2-3-8-14(13)20-15/h2-3,7-8H,4-6,9-12H2,1H3,(H,18,21)(H,19,20). The highest BCUT2D eigenvalue weighted by molar-refractivity contribution is 5.82. The molecule has 1 fully saturated rings. The van der Waals surface area contributed by atoms with Crippen LogP contribution < -0.4 is 5.32 Å². The number of carbonyl (C=O) groups is 1. The molecular weight excluding hydrogens is 262 g/mol. The molecule has 1 heterocycles. The first-order valence-electron chi connectivity index (χ1n) is 7.89. The molecule has 1 aromatic carbocycles. The molecule has 1 aromatic heterocycles. The smallest absolute Gasteiger partial charge is 0.225 e. The van der Waals surface area contributed by atoms with Crippen LogP contribution >= 0.6 is 0 Å². The summed E-state index contributed by atoms with van der Waals surface area (Å²) in [6.45, 7) is 2.82. The van der Waals surface area contributed by atoms with Crippen molar-refractivity contribution in [2.24, 2.45) is 5.41 Å². The third-order valence-electron chi connectivity index (χ3n) is 4.57. The number of fused-ring (bicyclic) bond motifs is 1. The molecule has 0 atom stereocenters. The fourth-order valence-electron chi connectivity index (χ4n) is 3.18. The second-order valence-corrected chi connectivity index (χ2v) is 6.33. The highest BCUT2D eigenvalue weighted by Crippen LogP contribution is 2.37. The van der Waals surface area contributed by atoms with Gasteiger partial charge in [-0.2, -0.15) is 0 Å². The molecule has 2 N–H and O–H groups in total. The van der Waals surface area contributed by atoms with Crippen molar-refractivity contribution in [3.63, 3.8) is 0 Å². The lowest BCUT2D eigenvalue weighted by Crippen LogP contribution is -2.37. The fourth-order valence-corrected chi connectivity index (χ4v) is 3.18. The molecular formula is C17H23N3O. The largest absolute Gasteiger partial charge is 0.356 e. The number of hydrogen-bond acceptors (Lipinski definition) is 2. The normalized spacial score (nSPS) is 17.2. The number of nitrogens with zero attached hydrogens (tertiary/aromatic N) is 1. The van der Waals surface area contributed by atoms with E-state index >= 15 is 0 Å². The summed E-state index contributed by atoms with van der Waals surface area (Å²) in [7, 11) is 0. The predicted molar refractivity (Wildman–Crippen MR) is 84.0 cm³/mol. The lowest BCUT2D eigenvalue weighted by Gasteiger charge is -2.22. The van der Waals surface area contributed by atoms with E-state index in [1.165, 1.54) is 12.8 Å². The summed E-state index contributed by atoms with van der Waals surface area (Å²) in [6, 6.07) is 8.05. The third-order valence-corrected chi connectivity index (χ3v) is 4.57. The van der Waals surface area contributed by atoms with Crippen LogP contribution in [0.1, 0.15) is 44.9 Å². The molecule has 3 rings (SSSR count). The Kier molecular flexibility index (Phi) is 3.95. The second-order valence-electron chi connectivity index (χ2n) is 6.33. The van der Waals surface area contributed by atoms with Crippen molar-refractivity contribution >= 4 is 16.9 Å². The van der Waals surface area contributed by atoms with Crippen LogP contribution in [0.25, 0.3) is 11.0 Å². The number of aryl methyl sites for hydroxylation is 1. The average Bonchev–Trinajstić information content (AvgIpc) is 3.10. The number of amides is 1. The third kappa shape index (κ3) is 3.09. The molecule has 4 heteroatoms. The van der Waals surface area contributed by atoms with Crippen molar-refractivity contribution in [1.29, 1.82) is 0 Å². The van der Waals surface area contributed by atoms with E-state index in [4.69, 9.17) is 0 Å². The van der Waals surface area contributed by atoms with Crippen molar-refractivity contribution in [2.45, 2.75) is 45.4 Å². The molecule has 21 heavy (non-hydrogen) atoms. The van der Waals surface area contributed by atoms with Gasteiger partial charge in [0, 0.05) is 18.4 Å². The van der Waals surface area contributed by atoms with E-state index in [9.17, 15) is 4.79 Å². The lowest BCUT2D eigenvalue weighted by atomic mass is 9.88. The number of nitrogens with one attached hydrogen (secondary N) is 2. The van der Waals surface area contributed by atoms with Crippen LogP contribution in [0, 0.1) is 5.41 Å². The van der Waals surface area contributed by atoms with E-state index in [-0.39, 0.29) is 11.3 Å². The SMILES string of the molecule is CC1(C(=O)NCCCc2nc3ccccc3[nH]2)CCCC1. The van der Waals surface area contributed by atoms with E-state index in [1.54, 1.807) is 0 Å². The van der Waals surface area contributed by atoms with Crippen LogP contribution in [0.15, 0.2) is 24.3 Å². The van der Waals surface area contributed by atoms with Crippen LogP contribution in [-0.2, 0) is 11.2 Å². The molecule has 1 saturated carbocycles. The number of rotatable bonds is 5. The molecule has 4 nitrogen and oxygen atoms in total. The van der Waals surface area contributed by atoms with Gasteiger partial charge in [-0.1, -0.05) is 31.9 Å². The number of carbonyl (C=O) groups excluding carboxylic acids is 1. The van der Waals surface area contributed by atoms with Crippen LogP contribution in [0.2, 0.25) is 0 Å². The molecule has 112 valence electrons. The first-order chi connectivity index (χ1) is 10.2.